The smallest absolute Gasteiger partial charge is 0.407 e. The van der Waals surface area contributed by atoms with E-state index in [0.717, 1.165) is 46.1 Å². The molecule has 0 saturated carbocycles. The van der Waals surface area contributed by atoms with Gasteiger partial charge in [0.15, 0.2) is 0 Å². The van der Waals surface area contributed by atoms with E-state index in [2.05, 4.69) is 58.1 Å². The lowest BCUT2D eigenvalue weighted by Gasteiger charge is -2.30. The number of hydrogen-bond acceptors (Lipinski definition) is 8. The number of aromatic nitrogens is 4. The Labute approximate surface area is 352 Å². The summed E-state index contributed by atoms with van der Waals surface area (Å²) in [5.74, 6) is 14.4. The Morgan fingerprint density at radius 3 is 1.40 bits per heavy atom. The fourth-order valence-electron chi connectivity index (χ4n) is 8.05. The number of carbonyl (C=O) groups is 4. The van der Waals surface area contributed by atoms with E-state index >= 15 is 0 Å². The molecule has 0 radical (unpaired) electrons. The van der Waals surface area contributed by atoms with Crippen LogP contribution in [-0.4, -0.2) is 93.1 Å². The monoisotopic (exact) mass is 816 g/mol. The number of benzene rings is 2. The predicted molar refractivity (Wildman–Crippen MR) is 227 cm³/mol. The van der Waals surface area contributed by atoms with Crippen molar-refractivity contribution in [3.63, 3.8) is 0 Å². The first-order chi connectivity index (χ1) is 28.6. The number of imidazole rings is 2. The summed E-state index contributed by atoms with van der Waals surface area (Å²) in [6, 6.07) is 10.1. The Kier molecular flexibility index (Phi) is 13.2. The first kappa shape index (κ1) is 43.3. The normalized spacial score (nSPS) is 19.7. The molecule has 2 aromatic carbocycles. The molecule has 6 rings (SSSR count). The Morgan fingerprint density at radius 2 is 1.05 bits per heavy atom. The quantitative estimate of drug-likeness (QED) is 0.150. The molecule has 14 heteroatoms. The van der Waals surface area contributed by atoms with E-state index in [9.17, 15) is 19.2 Å². The molecule has 4 N–H and O–H groups in total. The Morgan fingerprint density at radius 1 is 0.667 bits per heavy atom. The van der Waals surface area contributed by atoms with Crippen molar-refractivity contribution < 1.29 is 28.7 Å². The van der Waals surface area contributed by atoms with Gasteiger partial charge in [-0.25, -0.2) is 19.6 Å². The van der Waals surface area contributed by atoms with E-state index in [1.807, 2.05) is 87.7 Å². The van der Waals surface area contributed by atoms with Crippen molar-refractivity contribution in [3.05, 3.63) is 81.9 Å². The number of amides is 4. The van der Waals surface area contributed by atoms with E-state index in [-0.39, 0.29) is 47.6 Å². The van der Waals surface area contributed by atoms with Gasteiger partial charge in [-0.3, -0.25) is 9.59 Å². The highest BCUT2D eigenvalue weighted by molar-refractivity contribution is 5.88. The highest BCUT2D eigenvalue weighted by Crippen LogP contribution is 2.37. The van der Waals surface area contributed by atoms with Crippen LogP contribution in [0.1, 0.15) is 112 Å². The maximum Gasteiger partial charge on any atom is 0.407 e. The summed E-state index contributed by atoms with van der Waals surface area (Å²) in [6.45, 7) is 16.7. The summed E-state index contributed by atoms with van der Waals surface area (Å²) >= 11 is 0. The second-order valence-corrected chi connectivity index (χ2v) is 16.9. The minimum atomic E-state index is -0.717. The first-order valence-electron chi connectivity index (χ1n) is 20.6. The van der Waals surface area contributed by atoms with E-state index in [0.29, 0.717) is 36.1 Å². The van der Waals surface area contributed by atoms with Crippen molar-refractivity contribution in [2.24, 2.45) is 23.7 Å². The Balaban J connectivity index is 1.16. The number of carbonyl (C=O) groups excluding carboxylic acids is 4. The predicted octanol–water partition coefficient (Wildman–Crippen LogP) is 6.28. The molecule has 6 atom stereocenters. The van der Waals surface area contributed by atoms with Gasteiger partial charge in [-0.05, 0) is 97.2 Å². The van der Waals surface area contributed by atoms with Crippen LogP contribution in [0, 0.1) is 61.2 Å². The van der Waals surface area contributed by atoms with Crippen molar-refractivity contribution in [3.8, 4) is 23.7 Å². The lowest BCUT2D eigenvalue weighted by atomic mass is 10.0. The zero-order valence-electron chi connectivity index (χ0n) is 36.1. The third-order valence-electron chi connectivity index (χ3n) is 11.3. The number of alkyl carbamates (subject to hydrolysis) is 2. The van der Waals surface area contributed by atoms with Gasteiger partial charge in [0, 0.05) is 24.2 Å². The van der Waals surface area contributed by atoms with E-state index in [1.54, 1.807) is 0 Å². The van der Waals surface area contributed by atoms with Gasteiger partial charge in [-0.1, -0.05) is 65.5 Å². The van der Waals surface area contributed by atoms with Crippen LogP contribution >= 0.6 is 0 Å². The lowest BCUT2D eigenvalue weighted by molar-refractivity contribution is -0.136. The molecule has 0 aliphatic carbocycles. The summed E-state index contributed by atoms with van der Waals surface area (Å²) in [5, 5.41) is 7.44. The molecule has 14 nitrogen and oxygen atoms in total. The fourth-order valence-corrected chi connectivity index (χ4v) is 8.05. The third kappa shape index (κ3) is 9.60. The zero-order chi connectivity index (χ0) is 43.4. The van der Waals surface area contributed by atoms with Crippen molar-refractivity contribution in [2.75, 3.05) is 27.3 Å². The van der Waals surface area contributed by atoms with Crippen molar-refractivity contribution >= 4 is 34.8 Å². The van der Waals surface area contributed by atoms with Crippen LogP contribution in [0.3, 0.4) is 0 Å². The molecule has 4 heterocycles. The number of nitrogens with one attached hydrogen (secondary N) is 4. The highest BCUT2D eigenvalue weighted by atomic mass is 16.5. The molecule has 2 aromatic heterocycles. The summed E-state index contributed by atoms with van der Waals surface area (Å²) < 4.78 is 9.55. The van der Waals surface area contributed by atoms with Crippen molar-refractivity contribution in [1.29, 1.82) is 0 Å². The maximum atomic E-state index is 13.7. The van der Waals surface area contributed by atoms with Crippen molar-refractivity contribution in [2.45, 2.75) is 92.4 Å². The number of methoxy groups -OCH3 is 2. The van der Waals surface area contributed by atoms with Gasteiger partial charge in [-0.15, -0.1) is 0 Å². The molecule has 316 valence electrons. The van der Waals surface area contributed by atoms with Gasteiger partial charge in [0.2, 0.25) is 11.8 Å². The van der Waals surface area contributed by atoms with Crippen LogP contribution in [0.2, 0.25) is 0 Å². The maximum absolute atomic E-state index is 13.7. The number of H-pyrrole nitrogens is 2. The van der Waals surface area contributed by atoms with Crippen LogP contribution in [0.5, 0.6) is 0 Å². The number of likely N-dealkylation sites (tertiary alicyclic amines) is 2. The molecular formula is C46H56N8O6. The van der Waals surface area contributed by atoms with Crippen molar-refractivity contribution in [1.82, 2.24) is 40.4 Å². The standard InChI is InChI=1S/C46H56N8O6/c1-25(2)39(51-45(57)59-9)43(55)53-23-27(5)19-37(53)41-47-29(7)35(49-41)17-13-31-11-15-34-22-32(12-16-33(34)21-31)14-18-36-30(8)48-42(50-36)38-20-28(6)24-54(38)44(56)40(26(3)4)52-46(58)60-10/h11-12,15-16,21-22,25-28,37-40H,19-20,23-24H2,1-10H3,(H,47,49)(H,48,50)(H,51,57)(H,52,58)/t27-,28-,37-,38-,39-,40?/m0/s1. The number of fused-ring (bicyclic) bond motifs is 1. The summed E-state index contributed by atoms with van der Waals surface area (Å²) in [6.07, 6.45) is 0.213. The van der Waals surface area contributed by atoms with Gasteiger partial charge < -0.3 is 39.9 Å². The van der Waals surface area contributed by atoms with Gasteiger partial charge in [0.05, 0.1) is 37.7 Å². The number of aromatic amines is 2. The molecule has 4 aromatic rings. The molecule has 2 aliphatic rings. The lowest BCUT2D eigenvalue weighted by Crippen LogP contribution is -2.51. The van der Waals surface area contributed by atoms with Crippen LogP contribution < -0.4 is 10.6 Å². The molecule has 60 heavy (non-hydrogen) atoms. The van der Waals surface area contributed by atoms with Gasteiger partial charge in [0.25, 0.3) is 0 Å². The van der Waals surface area contributed by atoms with E-state index < -0.39 is 24.3 Å². The number of nitrogens with zero attached hydrogens (tertiary/aromatic N) is 4. The number of rotatable bonds is 8. The number of hydrogen-bond donors (Lipinski definition) is 4. The summed E-state index contributed by atoms with van der Waals surface area (Å²) in [4.78, 5) is 71.5. The van der Waals surface area contributed by atoms with Crippen LogP contribution in [0.15, 0.2) is 36.4 Å². The molecule has 2 aliphatic heterocycles. The molecule has 2 fully saturated rings. The van der Waals surface area contributed by atoms with Gasteiger partial charge in [0.1, 0.15) is 35.1 Å². The van der Waals surface area contributed by atoms with Gasteiger partial charge in [-0.2, -0.15) is 0 Å². The highest BCUT2D eigenvalue weighted by Gasteiger charge is 2.41. The molecule has 0 bridgehead atoms. The number of aryl methyl sites for hydroxylation is 2. The van der Waals surface area contributed by atoms with Crippen LogP contribution in [0.25, 0.3) is 10.8 Å². The second kappa shape index (κ2) is 18.3. The molecule has 4 amide bonds. The van der Waals surface area contributed by atoms with E-state index in [4.69, 9.17) is 19.4 Å². The van der Waals surface area contributed by atoms with E-state index in [1.165, 1.54) is 14.2 Å². The average Bonchev–Trinajstić information content (AvgIpc) is 4.00. The molecule has 1 unspecified atom stereocenters. The summed E-state index contributed by atoms with van der Waals surface area (Å²) in [5.41, 5.74) is 4.55. The molecular weight excluding hydrogens is 761 g/mol. The Bertz CT molecular complexity index is 2230. The summed E-state index contributed by atoms with van der Waals surface area (Å²) in [7, 11) is 2.57. The minimum Gasteiger partial charge on any atom is -0.453 e. The SMILES string of the molecule is COC(=O)NC(C(=O)N1C[C@@H](C)C[C@H]1c1nc(C)c(C#Cc2ccc3cc(C#Cc4[nH]c([C@@H]5C[C@H](C)CN5C(=O)[C@@H](NC(=O)OC)C(C)C)nc4C)ccc3c2)[nH]1)C(C)C. The topological polar surface area (TPSA) is 175 Å². The first-order valence-corrected chi connectivity index (χ1v) is 20.6. The molecule has 2 saturated heterocycles. The van der Waals surface area contributed by atoms with Crippen LogP contribution in [0.4, 0.5) is 9.59 Å². The minimum absolute atomic E-state index is 0.128. The largest absolute Gasteiger partial charge is 0.453 e. The third-order valence-corrected chi connectivity index (χ3v) is 11.3. The average molecular weight is 817 g/mol. The Hall–Kier alpha value is -6.28. The van der Waals surface area contributed by atoms with Gasteiger partial charge >= 0.3 is 12.2 Å². The van der Waals surface area contributed by atoms with Crippen LogP contribution in [-0.2, 0) is 19.1 Å². The number of ether oxygens (including phenoxy) is 2. The molecule has 0 spiro atoms. The second-order valence-electron chi connectivity index (χ2n) is 16.9. The zero-order valence-corrected chi connectivity index (χ0v) is 36.1. The fraction of sp³-hybridized carbons (Fsp3) is 0.478.